The van der Waals surface area contributed by atoms with E-state index in [0.29, 0.717) is 17.9 Å². The van der Waals surface area contributed by atoms with Crippen molar-refractivity contribution in [1.29, 1.82) is 0 Å². The molecule has 0 aliphatic carbocycles. The Morgan fingerprint density at radius 1 is 1.15 bits per heavy atom. The van der Waals surface area contributed by atoms with Crippen LogP contribution in [0.25, 0.3) is 0 Å². The third-order valence-electron chi connectivity index (χ3n) is 4.19. The number of ether oxygens (including phenoxy) is 1. The molecule has 1 aliphatic rings. The maximum absolute atomic E-state index is 12.6. The Balaban J connectivity index is 1.61. The Hall–Kier alpha value is -2.20. The van der Waals surface area contributed by atoms with Crippen LogP contribution in [-0.2, 0) is 22.0 Å². The van der Waals surface area contributed by atoms with Gasteiger partial charge in [-0.1, -0.05) is 12.1 Å². The molecular formula is C17H18F3N3O3S. The van der Waals surface area contributed by atoms with E-state index in [9.17, 15) is 21.6 Å². The molecule has 2 aromatic rings. The van der Waals surface area contributed by atoms with E-state index in [1.165, 1.54) is 16.4 Å². The van der Waals surface area contributed by atoms with Crippen LogP contribution in [0.2, 0.25) is 0 Å². The van der Waals surface area contributed by atoms with Crippen molar-refractivity contribution in [3.8, 4) is 5.88 Å². The average Bonchev–Trinajstić information content (AvgIpc) is 3.06. The summed E-state index contributed by atoms with van der Waals surface area (Å²) in [5.74, 6) is -0.0325. The smallest absolute Gasteiger partial charge is 0.416 e. The molecule has 1 unspecified atom stereocenters. The predicted molar refractivity (Wildman–Crippen MR) is 91.4 cm³/mol. The number of nitrogens with zero attached hydrogens (tertiary/aromatic N) is 3. The van der Waals surface area contributed by atoms with Gasteiger partial charge in [0.2, 0.25) is 15.9 Å². The van der Waals surface area contributed by atoms with Gasteiger partial charge < -0.3 is 4.74 Å². The molecule has 1 saturated heterocycles. The molecule has 1 aromatic heterocycles. The van der Waals surface area contributed by atoms with Crippen molar-refractivity contribution in [3.05, 3.63) is 53.2 Å². The lowest BCUT2D eigenvalue weighted by Gasteiger charge is -2.17. The van der Waals surface area contributed by atoms with Crippen molar-refractivity contribution in [1.82, 2.24) is 14.5 Å². The number of halogens is 3. The third kappa shape index (κ3) is 4.95. The quantitative estimate of drug-likeness (QED) is 0.771. The monoisotopic (exact) mass is 401 g/mol. The summed E-state index contributed by atoms with van der Waals surface area (Å²) in [6.07, 6.45) is -4.29. The Bertz CT molecular complexity index is 884. The first kappa shape index (κ1) is 19.6. The summed E-state index contributed by atoms with van der Waals surface area (Å²) in [6, 6.07) is 7.56. The number of benzene rings is 1. The molecule has 0 bridgehead atoms. The lowest BCUT2D eigenvalue weighted by molar-refractivity contribution is -0.137. The number of sulfonamides is 1. The van der Waals surface area contributed by atoms with E-state index < -0.39 is 21.8 Å². The van der Waals surface area contributed by atoms with Crippen molar-refractivity contribution in [2.75, 3.05) is 13.1 Å². The zero-order chi connectivity index (χ0) is 19.7. The van der Waals surface area contributed by atoms with E-state index in [1.54, 1.807) is 19.1 Å². The van der Waals surface area contributed by atoms with Gasteiger partial charge in [-0.25, -0.2) is 8.42 Å². The van der Waals surface area contributed by atoms with Crippen LogP contribution in [0.3, 0.4) is 0 Å². The van der Waals surface area contributed by atoms with Gasteiger partial charge in [0, 0.05) is 12.6 Å². The van der Waals surface area contributed by atoms with Gasteiger partial charge in [-0.2, -0.15) is 22.6 Å². The molecule has 0 saturated carbocycles. The number of aromatic nitrogens is 2. The summed E-state index contributed by atoms with van der Waals surface area (Å²) in [5.41, 5.74) is 0.240. The summed E-state index contributed by atoms with van der Waals surface area (Å²) in [4.78, 5) is 0. The van der Waals surface area contributed by atoms with Crippen molar-refractivity contribution >= 4 is 10.0 Å². The maximum atomic E-state index is 12.6. The first-order chi connectivity index (χ1) is 12.6. The standard InChI is InChI=1S/C17H18F3N3O3S/c1-12-2-7-16(22-21-12)26-15-8-9-23(10-15)27(24,25)11-13-3-5-14(6-4-13)17(18,19)20/h2-7,15H,8-11H2,1H3. The highest BCUT2D eigenvalue weighted by atomic mass is 32.2. The molecular weight excluding hydrogens is 383 g/mol. The van der Waals surface area contributed by atoms with E-state index in [4.69, 9.17) is 4.74 Å². The number of alkyl halides is 3. The third-order valence-corrected chi connectivity index (χ3v) is 6.01. The van der Waals surface area contributed by atoms with Gasteiger partial charge in [0.15, 0.2) is 0 Å². The SMILES string of the molecule is Cc1ccc(OC2CCN(S(=O)(=O)Cc3ccc(C(F)(F)F)cc3)C2)nn1. The van der Waals surface area contributed by atoms with Gasteiger partial charge in [0.05, 0.1) is 23.6 Å². The van der Waals surface area contributed by atoms with Gasteiger partial charge in [-0.3, -0.25) is 0 Å². The summed E-state index contributed by atoms with van der Waals surface area (Å²) in [7, 11) is -3.66. The van der Waals surface area contributed by atoms with Gasteiger partial charge in [0.1, 0.15) is 6.10 Å². The zero-order valence-corrected chi connectivity index (χ0v) is 15.3. The van der Waals surface area contributed by atoms with E-state index >= 15 is 0 Å². The molecule has 1 atom stereocenters. The molecule has 3 rings (SSSR count). The molecule has 146 valence electrons. The normalized spacial score (nSPS) is 18.6. The van der Waals surface area contributed by atoms with Crippen molar-refractivity contribution in [3.63, 3.8) is 0 Å². The number of aryl methyl sites for hydroxylation is 1. The van der Waals surface area contributed by atoms with Gasteiger partial charge in [-0.15, -0.1) is 5.10 Å². The van der Waals surface area contributed by atoms with Crippen molar-refractivity contribution in [2.24, 2.45) is 0 Å². The minimum absolute atomic E-state index is 0.165. The Morgan fingerprint density at radius 3 is 2.44 bits per heavy atom. The number of hydrogen-bond donors (Lipinski definition) is 0. The first-order valence-electron chi connectivity index (χ1n) is 8.24. The lowest BCUT2D eigenvalue weighted by atomic mass is 10.1. The predicted octanol–water partition coefficient (Wildman–Crippen LogP) is 2.79. The molecule has 27 heavy (non-hydrogen) atoms. The van der Waals surface area contributed by atoms with Crippen LogP contribution in [0.1, 0.15) is 23.2 Å². The Labute approximate surface area is 155 Å². The largest absolute Gasteiger partial charge is 0.472 e. The zero-order valence-electron chi connectivity index (χ0n) is 14.5. The second-order valence-corrected chi connectivity index (χ2v) is 8.32. The van der Waals surface area contributed by atoms with Crippen LogP contribution in [0.4, 0.5) is 13.2 Å². The Morgan fingerprint density at radius 2 is 1.85 bits per heavy atom. The van der Waals surface area contributed by atoms with Crippen LogP contribution in [0, 0.1) is 6.92 Å². The van der Waals surface area contributed by atoms with Crippen LogP contribution in [0.15, 0.2) is 36.4 Å². The summed E-state index contributed by atoms with van der Waals surface area (Å²) in [6.45, 7) is 2.24. The summed E-state index contributed by atoms with van der Waals surface area (Å²) in [5, 5.41) is 7.77. The van der Waals surface area contributed by atoms with Crippen LogP contribution in [-0.4, -0.2) is 42.1 Å². The lowest BCUT2D eigenvalue weighted by Crippen LogP contribution is -2.32. The number of rotatable bonds is 5. The van der Waals surface area contributed by atoms with E-state index in [2.05, 4.69) is 10.2 Å². The minimum atomic E-state index is -4.45. The fourth-order valence-corrected chi connectivity index (χ4v) is 4.33. The van der Waals surface area contributed by atoms with E-state index in [0.717, 1.165) is 17.8 Å². The summed E-state index contributed by atoms with van der Waals surface area (Å²) >= 11 is 0. The topological polar surface area (TPSA) is 72.4 Å². The highest BCUT2D eigenvalue weighted by molar-refractivity contribution is 7.88. The molecule has 0 N–H and O–H groups in total. The minimum Gasteiger partial charge on any atom is -0.472 e. The highest BCUT2D eigenvalue weighted by Gasteiger charge is 2.33. The first-order valence-corrected chi connectivity index (χ1v) is 9.85. The van der Waals surface area contributed by atoms with E-state index in [1.807, 2.05) is 0 Å². The second kappa shape index (κ2) is 7.43. The highest BCUT2D eigenvalue weighted by Crippen LogP contribution is 2.29. The van der Waals surface area contributed by atoms with Crippen LogP contribution < -0.4 is 4.74 Å². The second-order valence-electron chi connectivity index (χ2n) is 6.35. The van der Waals surface area contributed by atoms with Crippen LogP contribution in [0.5, 0.6) is 5.88 Å². The number of hydrogen-bond acceptors (Lipinski definition) is 5. The molecule has 0 spiro atoms. The van der Waals surface area contributed by atoms with Crippen LogP contribution >= 0.6 is 0 Å². The van der Waals surface area contributed by atoms with Gasteiger partial charge >= 0.3 is 6.18 Å². The molecule has 0 amide bonds. The van der Waals surface area contributed by atoms with Gasteiger partial charge in [-0.05, 0) is 37.1 Å². The molecule has 1 fully saturated rings. The van der Waals surface area contributed by atoms with Crippen molar-refractivity contribution in [2.45, 2.75) is 31.4 Å². The average molecular weight is 401 g/mol. The molecule has 1 aliphatic heterocycles. The Kier molecular flexibility index (Phi) is 5.38. The summed E-state index contributed by atoms with van der Waals surface area (Å²) < 4.78 is 69.8. The maximum Gasteiger partial charge on any atom is 0.416 e. The molecule has 0 radical (unpaired) electrons. The molecule has 6 nitrogen and oxygen atoms in total. The fraction of sp³-hybridized carbons (Fsp3) is 0.412. The van der Waals surface area contributed by atoms with E-state index in [-0.39, 0.29) is 24.9 Å². The molecule has 10 heteroatoms. The molecule has 2 heterocycles. The molecule has 1 aromatic carbocycles. The van der Waals surface area contributed by atoms with Crippen molar-refractivity contribution < 1.29 is 26.3 Å². The fourth-order valence-electron chi connectivity index (χ4n) is 2.76. The van der Waals surface area contributed by atoms with Gasteiger partial charge in [0.25, 0.3) is 0 Å².